The maximum atomic E-state index is 12.3. The summed E-state index contributed by atoms with van der Waals surface area (Å²) in [6.45, 7) is 1.46. The van der Waals surface area contributed by atoms with Crippen LogP contribution in [0, 0.1) is 0 Å². The molecule has 0 aliphatic carbocycles. The fraction of sp³-hybridized carbons (Fsp3) is 0.500. The molecule has 2 aromatic rings. The number of benzene rings is 1. The molecule has 1 N–H and O–H groups in total. The number of amides is 1. The molecule has 1 aromatic carbocycles. The normalized spacial score (nSPS) is 17.2. The van der Waals surface area contributed by atoms with Crippen LogP contribution >= 0.6 is 0 Å². The Kier molecular flexibility index (Phi) is 5.59. The van der Waals surface area contributed by atoms with E-state index in [1.807, 2.05) is 18.2 Å². The van der Waals surface area contributed by atoms with Gasteiger partial charge in [0.15, 0.2) is 0 Å². The Morgan fingerprint density at radius 1 is 1.33 bits per heavy atom. The van der Waals surface area contributed by atoms with Gasteiger partial charge >= 0.3 is 0 Å². The van der Waals surface area contributed by atoms with Crippen LogP contribution < -0.4 is 10.9 Å². The van der Waals surface area contributed by atoms with Crippen LogP contribution in [0.15, 0.2) is 35.3 Å². The third-order valence-corrected chi connectivity index (χ3v) is 4.35. The topological polar surface area (TPSA) is 73.2 Å². The van der Waals surface area contributed by atoms with Crippen LogP contribution in [-0.2, 0) is 16.1 Å². The summed E-state index contributed by atoms with van der Waals surface area (Å²) in [6.07, 6.45) is 7.36. The third-order valence-electron chi connectivity index (χ3n) is 4.35. The highest BCUT2D eigenvalue weighted by Gasteiger charge is 2.14. The summed E-state index contributed by atoms with van der Waals surface area (Å²) in [6, 6.07) is 7.25. The van der Waals surface area contributed by atoms with E-state index in [0.29, 0.717) is 18.0 Å². The smallest absolute Gasteiger partial charge is 0.275 e. The predicted molar refractivity (Wildman–Crippen MR) is 91.8 cm³/mol. The molecule has 1 fully saturated rings. The summed E-state index contributed by atoms with van der Waals surface area (Å²) < 4.78 is 6.79. The molecule has 3 rings (SSSR count). The second kappa shape index (κ2) is 8.06. The molecule has 1 aliphatic rings. The number of hydrogen-bond donors (Lipinski definition) is 1. The van der Waals surface area contributed by atoms with Gasteiger partial charge in [-0.15, -0.1) is 0 Å². The number of ether oxygens (including phenoxy) is 1. The molecule has 1 amide bonds. The maximum absolute atomic E-state index is 12.3. The maximum Gasteiger partial charge on any atom is 0.275 e. The van der Waals surface area contributed by atoms with Crippen molar-refractivity contribution in [1.82, 2.24) is 15.1 Å². The highest BCUT2D eigenvalue weighted by molar-refractivity contribution is 5.81. The molecule has 128 valence electrons. The standard InChI is InChI=1S/C18H23N3O3/c22-17(19-10-4-3-7-15-8-5-11-24-15)13-21-18(23)16-9-2-1-6-14(16)12-20-21/h1-2,6,9,12,15H,3-5,7-8,10-11,13H2,(H,19,22)/t15-/m1/s1. The number of hydrogen-bond acceptors (Lipinski definition) is 4. The van der Waals surface area contributed by atoms with Crippen molar-refractivity contribution >= 4 is 16.7 Å². The fourth-order valence-corrected chi connectivity index (χ4v) is 3.03. The first kappa shape index (κ1) is 16.6. The molecule has 1 aliphatic heterocycles. The van der Waals surface area contributed by atoms with Gasteiger partial charge in [0, 0.05) is 18.5 Å². The lowest BCUT2D eigenvalue weighted by Gasteiger charge is -2.10. The quantitative estimate of drug-likeness (QED) is 0.787. The zero-order chi connectivity index (χ0) is 16.8. The summed E-state index contributed by atoms with van der Waals surface area (Å²) in [5.74, 6) is -0.183. The van der Waals surface area contributed by atoms with Crippen molar-refractivity contribution in [3.63, 3.8) is 0 Å². The van der Waals surface area contributed by atoms with Crippen LogP contribution in [0.25, 0.3) is 10.8 Å². The van der Waals surface area contributed by atoms with E-state index in [0.717, 1.165) is 44.1 Å². The monoisotopic (exact) mass is 329 g/mol. The van der Waals surface area contributed by atoms with Gasteiger partial charge in [-0.05, 0) is 38.2 Å². The van der Waals surface area contributed by atoms with E-state index in [2.05, 4.69) is 10.4 Å². The minimum absolute atomic E-state index is 0.0462. The third kappa shape index (κ3) is 4.20. The molecular weight excluding hydrogens is 306 g/mol. The number of carbonyl (C=O) groups is 1. The molecule has 1 atom stereocenters. The van der Waals surface area contributed by atoms with Crippen LogP contribution in [0.4, 0.5) is 0 Å². The molecule has 24 heavy (non-hydrogen) atoms. The predicted octanol–water partition coefficient (Wildman–Crippen LogP) is 1.86. The molecule has 6 heteroatoms. The SMILES string of the molecule is O=C(Cn1ncc2ccccc2c1=O)NCCCC[C@@H]1CCCO1. The molecule has 0 bridgehead atoms. The second-order valence-electron chi connectivity index (χ2n) is 6.18. The van der Waals surface area contributed by atoms with E-state index in [9.17, 15) is 9.59 Å². The number of nitrogens with zero attached hydrogens (tertiary/aromatic N) is 2. The van der Waals surface area contributed by atoms with Gasteiger partial charge in [0.05, 0.1) is 17.7 Å². The zero-order valence-corrected chi connectivity index (χ0v) is 13.7. The molecule has 0 radical (unpaired) electrons. The van der Waals surface area contributed by atoms with Crippen molar-refractivity contribution in [2.24, 2.45) is 0 Å². The van der Waals surface area contributed by atoms with Gasteiger partial charge in [-0.3, -0.25) is 9.59 Å². The zero-order valence-electron chi connectivity index (χ0n) is 13.7. The van der Waals surface area contributed by atoms with E-state index >= 15 is 0 Å². The van der Waals surface area contributed by atoms with Crippen molar-refractivity contribution in [2.75, 3.05) is 13.2 Å². The lowest BCUT2D eigenvalue weighted by atomic mass is 10.1. The Balaban J connectivity index is 1.45. The minimum atomic E-state index is -0.235. The summed E-state index contributed by atoms with van der Waals surface area (Å²) in [4.78, 5) is 24.3. The highest BCUT2D eigenvalue weighted by Crippen LogP contribution is 2.17. The molecular formula is C18H23N3O3. The second-order valence-corrected chi connectivity index (χ2v) is 6.18. The average molecular weight is 329 g/mol. The summed E-state index contributed by atoms with van der Waals surface area (Å²) in [5, 5.41) is 8.29. The Morgan fingerprint density at radius 2 is 2.21 bits per heavy atom. The first-order valence-electron chi connectivity index (χ1n) is 8.57. The van der Waals surface area contributed by atoms with Crippen molar-refractivity contribution in [3.05, 3.63) is 40.8 Å². The molecule has 2 heterocycles. The number of carbonyl (C=O) groups excluding carboxylic acids is 1. The first-order chi connectivity index (χ1) is 11.7. The lowest BCUT2D eigenvalue weighted by molar-refractivity contribution is -0.121. The van der Waals surface area contributed by atoms with E-state index in [-0.39, 0.29) is 18.0 Å². The number of aromatic nitrogens is 2. The number of nitrogens with one attached hydrogen (secondary N) is 1. The largest absolute Gasteiger partial charge is 0.378 e. The molecule has 0 spiro atoms. The Labute approximate surface area is 140 Å². The van der Waals surface area contributed by atoms with Crippen molar-refractivity contribution < 1.29 is 9.53 Å². The number of unbranched alkanes of at least 4 members (excludes halogenated alkanes) is 1. The Bertz CT molecular complexity index is 751. The van der Waals surface area contributed by atoms with Crippen molar-refractivity contribution in [3.8, 4) is 0 Å². The average Bonchev–Trinajstić information content (AvgIpc) is 3.11. The molecule has 0 unspecified atom stereocenters. The van der Waals surface area contributed by atoms with Crippen molar-refractivity contribution in [1.29, 1.82) is 0 Å². The summed E-state index contributed by atoms with van der Waals surface area (Å²) in [7, 11) is 0. The number of rotatable bonds is 7. The van der Waals surface area contributed by atoms with E-state index < -0.39 is 0 Å². The Hall–Kier alpha value is -2.21. The van der Waals surface area contributed by atoms with Gasteiger partial charge in [0.1, 0.15) is 6.54 Å². The molecule has 1 aromatic heterocycles. The van der Waals surface area contributed by atoms with Gasteiger partial charge in [-0.1, -0.05) is 18.2 Å². The highest BCUT2D eigenvalue weighted by atomic mass is 16.5. The van der Waals surface area contributed by atoms with Crippen LogP contribution in [0.1, 0.15) is 32.1 Å². The first-order valence-corrected chi connectivity index (χ1v) is 8.57. The lowest BCUT2D eigenvalue weighted by Crippen LogP contribution is -2.34. The van der Waals surface area contributed by atoms with Crippen LogP contribution in [0.3, 0.4) is 0 Å². The van der Waals surface area contributed by atoms with Crippen molar-refractivity contribution in [2.45, 2.75) is 44.8 Å². The van der Waals surface area contributed by atoms with Crippen LogP contribution in [0.2, 0.25) is 0 Å². The fourth-order valence-electron chi connectivity index (χ4n) is 3.03. The summed E-state index contributed by atoms with van der Waals surface area (Å²) in [5.41, 5.74) is -0.235. The van der Waals surface area contributed by atoms with Crippen LogP contribution in [-0.4, -0.2) is 34.9 Å². The summed E-state index contributed by atoms with van der Waals surface area (Å²) >= 11 is 0. The van der Waals surface area contributed by atoms with Gasteiger partial charge in [-0.25, -0.2) is 4.68 Å². The van der Waals surface area contributed by atoms with Gasteiger partial charge < -0.3 is 10.1 Å². The van der Waals surface area contributed by atoms with Gasteiger partial charge in [0.2, 0.25) is 5.91 Å². The molecule has 1 saturated heterocycles. The van der Waals surface area contributed by atoms with Gasteiger partial charge in [0.25, 0.3) is 5.56 Å². The molecule has 6 nitrogen and oxygen atoms in total. The van der Waals surface area contributed by atoms with Crippen LogP contribution in [0.5, 0.6) is 0 Å². The molecule has 0 saturated carbocycles. The Morgan fingerprint density at radius 3 is 3.04 bits per heavy atom. The minimum Gasteiger partial charge on any atom is -0.378 e. The van der Waals surface area contributed by atoms with Gasteiger partial charge in [-0.2, -0.15) is 5.10 Å². The van der Waals surface area contributed by atoms with E-state index in [1.54, 1.807) is 12.3 Å². The number of fused-ring (bicyclic) bond motifs is 1. The van der Waals surface area contributed by atoms with E-state index in [4.69, 9.17) is 4.74 Å². The van der Waals surface area contributed by atoms with E-state index in [1.165, 1.54) is 4.68 Å².